The fraction of sp³-hybridized carbons (Fsp3) is 0.381. The number of benzene rings is 2. The van der Waals surface area contributed by atoms with E-state index in [0.29, 0.717) is 28.1 Å². The number of thioether (sulfide) groups is 1. The highest BCUT2D eigenvalue weighted by molar-refractivity contribution is 7.98. The molecule has 0 spiro atoms. The van der Waals surface area contributed by atoms with Crippen molar-refractivity contribution in [1.82, 2.24) is 10.2 Å². The second kappa shape index (κ2) is 9.83. The van der Waals surface area contributed by atoms with Crippen LogP contribution in [0.5, 0.6) is 0 Å². The molecule has 0 radical (unpaired) electrons. The number of amides is 1. The van der Waals surface area contributed by atoms with Crippen LogP contribution in [0.4, 0.5) is 0 Å². The number of halogens is 2. The number of hydrogen-bond acceptors (Lipinski definition) is 3. The summed E-state index contributed by atoms with van der Waals surface area (Å²) in [7, 11) is 0. The highest BCUT2D eigenvalue weighted by Gasteiger charge is 2.20. The van der Waals surface area contributed by atoms with Crippen LogP contribution in [0.25, 0.3) is 0 Å². The highest BCUT2D eigenvalue weighted by atomic mass is 35.5. The maximum absolute atomic E-state index is 12.3. The van der Waals surface area contributed by atoms with Gasteiger partial charge >= 0.3 is 0 Å². The molecular formula is C21H24Cl2N2OS. The van der Waals surface area contributed by atoms with Crippen LogP contribution in [0.15, 0.2) is 47.4 Å². The second-order valence-corrected chi connectivity index (χ2v) is 8.53. The van der Waals surface area contributed by atoms with Crippen LogP contribution in [0.1, 0.15) is 28.8 Å². The molecule has 0 aromatic heterocycles. The predicted molar refractivity (Wildman–Crippen MR) is 115 cm³/mol. The van der Waals surface area contributed by atoms with Crippen LogP contribution in [0.3, 0.4) is 0 Å². The van der Waals surface area contributed by atoms with Crippen molar-refractivity contribution in [3.05, 3.63) is 63.6 Å². The van der Waals surface area contributed by atoms with Crippen LogP contribution in [-0.4, -0.2) is 36.7 Å². The zero-order valence-corrected chi connectivity index (χ0v) is 17.7. The average Bonchev–Trinajstić information content (AvgIpc) is 2.69. The van der Waals surface area contributed by atoms with Crippen molar-refractivity contribution < 1.29 is 4.79 Å². The summed E-state index contributed by atoms with van der Waals surface area (Å²) >= 11 is 13.7. The first-order chi connectivity index (χ1) is 13.1. The Morgan fingerprint density at radius 2 is 1.89 bits per heavy atom. The minimum atomic E-state index is -0.0927. The summed E-state index contributed by atoms with van der Waals surface area (Å²) in [5.41, 5.74) is 1.95. The van der Waals surface area contributed by atoms with Gasteiger partial charge in [0, 0.05) is 23.5 Å². The molecule has 3 nitrogen and oxygen atoms in total. The molecule has 3 rings (SSSR count). The first kappa shape index (κ1) is 20.5. The van der Waals surface area contributed by atoms with Crippen molar-refractivity contribution in [2.24, 2.45) is 5.92 Å². The Balaban J connectivity index is 1.45. The number of carbonyl (C=O) groups is 1. The molecule has 1 heterocycles. The summed E-state index contributed by atoms with van der Waals surface area (Å²) in [5, 5.41) is 3.90. The number of carbonyl (C=O) groups excluding carboxylic acids is 1. The van der Waals surface area contributed by atoms with E-state index in [1.54, 1.807) is 30.0 Å². The lowest BCUT2D eigenvalue weighted by Gasteiger charge is -2.32. The van der Waals surface area contributed by atoms with Crippen molar-refractivity contribution in [2.45, 2.75) is 24.3 Å². The number of rotatable bonds is 6. The number of likely N-dealkylation sites (tertiary alicyclic amines) is 1. The Labute approximate surface area is 175 Å². The zero-order valence-electron chi connectivity index (χ0n) is 15.4. The lowest BCUT2D eigenvalue weighted by atomic mass is 9.96. The van der Waals surface area contributed by atoms with E-state index in [9.17, 15) is 4.79 Å². The van der Waals surface area contributed by atoms with Gasteiger partial charge in [0.25, 0.3) is 5.91 Å². The second-order valence-electron chi connectivity index (χ2n) is 6.87. The zero-order chi connectivity index (χ0) is 19.2. The largest absolute Gasteiger partial charge is 0.352 e. The quantitative estimate of drug-likeness (QED) is 0.635. The summed E-state index contributed by atoms with van der Waals surface area (Å²) in [6.07, 6.45) is 4.33. The van der Waals surface area contributed by atoms with E-state index >= 15 is 0 Å². The van der Waals surface area contributed by atoms with Gasteiger partial charge in [-0.1, -0.05) is 41.4 Å². The van der Waals surface area contributed by atoms with Crippen molar-refractivity contribution in [3.8, 4) is 0 Å². The van der Waals surface area contributed by atoms with Gasteiger partial charge in [-0.15, -0.1) is 11.8 Å². The lowest BCUT2D eigenvalue weighted by Crippen LogP contribution is -2.38. The molecule has 0 aliphatic carbocycles. The molecular weight excluding hydrogens is 399 g/mol. The minimum absolute atomic E-state index is 0.0927. The van der Waals surface area contributed by atoms with Gasteiger partial charge in [-0.05, 0) is 67.9 Å². The van der Waals surface area contributed by atoms with Crippen molar-refractivity contribution in [1.29, 1.82) is 0 Å². The molecule has 0 saturated carbocycles. The molecule has 1 fully saturated rings. The number of hydrogen-bond donors (Lipinski definition) is 1. The van der Waals surface area contributed by atoms with Crippen LogP contribution < -0.4 is 5.32 Å². The lowest BCUT2D eigenvalue weighted by molar-refractivity contribution is 0.0935. The standard InChI is InChI=1S/C21H24Cl2N2OS/c1-27-20-5-3-2-4-17(20)14-25-10-8-15(9-11-25)13-24-21(26)16-6-7-18(22)19(23)12-16/h2-7,12,15H,8-11,13-14H2,1H3,(H,24,26). The van der Waals surface area contributed by atoms with E-state index < -0.39 is 0 Å². The first-order valence-electron chi connectivity index (χ1n) is 9.14. The summed E-state index contributed by atoms with van der Waals surface area (Å²) in [6.45, 7) is 3.83. The van der Waals surface area contributed by atoms with Gasteiger partial charge in [0.15, 0.2) is 0 Å². The van der Waals surface area contributed by atoms with Gasteiger partial charge in [0.05, 0.1) is 10.0 Å². The Kier molecular flexibility index (Phi) is 7.48. The van der Waals surface area contributed by atoms with Gasteiger partial charge in [-0.25, -0.2) is 0 Å². The predicted octanol–water partition coefficient (Wildman–Crippen LogP) is 5.36. The van der Waals surface area contributed by atoms with E-state index in [2.05, 4.69) is 40.7 Å². The maximum atomic E-state index is 12.3. The van der Waals surface area contributed by atoms with E-state index in [-0.39, 0.29) is 5.91 Å². The molecule has 2 aromatic rings. The molecule has 1 saturated heterocycles. The highest BCUT2D eigenvalue weighted by Crippen LogP contribution is 2.25. The Morgan fingerprint density at radius 3 is 2.59 bits per heavy atom. The fourth-order valence-electron chi connectivity index (χ4n) is 3.40. The fourth-order valence-corrected chi connectivity index (χ4v) is 4.31. The summed E-state index contributed by atoms with van der Waals surface area (Å²) in [4.78, 5) is 16.2. The van der Waals surface area contributed by atoms with Crippen LogP contribution in [0, 0.1) is 5.92 Å². The molecule has 0 bridgehead atoms. The SMILES string of the molecule is CSc1ccccc1CN1CCC(CNC(=O)c2ccc(Cl)c(Cl)c2)CC1. The van der Waals surface area contributed by atoms with E-state index in [4.69, 9.17) is 23.2 Å². The molecule has 144 valence electrons. The molecule has 1 aliphatic heterocycles. The van der Waals surface area contributed by atoms with Crippen molar-refractivity contribution in [3.63, 3.8) is 0 Å². The summed E-state index contributed by atoms with van der Waals surface area (Å²) in [6, 6.07) is 13.6. The molecule has 0 atom stereocenters. The molecule has 0 unspecified atom stereocenters. The molecule has 1 aliphatic rings. The maximum Gasteiger partial charge on any atom is 0.251 e. The Hall–Kier alpha value is -1.20. The van der Waals surface area contributed by atoms with Crippen molar-refractivity contribution >= 4 is 40.9 Å². The van der Waals surface area contributed by atoms with Crippen LogP contribution >= 0.6 is 35.0 Å². The third kappa shape index (κ3) is 5.64. The monoisotopic (exact) mass is 422 g/mol. The molecule has 1 N–H and O–H groups in total. The van der Waals surface area contributed by atoms with Gasteiger partial charge in [-0.3, -0.25) is 9.69 Å². The summed E-state index contributed by atoms with van der Waals surface area (Å²) < 4.78 is 0. The number of piperidine rings is 1. The number of nitrogens with one attached hydrogen (secondary N) is 1. The van der Waals surface area contributed by atoms with Gasteiger partial charge in [0.1, 0.15) is 0 Å². The van der Waals surface area contributed by atoms with E-state index in [1.165, 1.54) is 10.5 Å². The average molecular weight is 423 g/mol. The van der Waals surface area contributed by atoms with Gasteiger partial charge in [0.2, 0.25) is 0 Å². The smallest absolute Gasteiger partial charge is 0.251 e. The summed E-state index contributed by atoms with van der Waals surface area (Å²) in [5.74, 6) is 0.425. The Bertz CT molecular complexity index is 792. The third-order valence-electron chi connectivity index (χ3n) is 5.03. The van der Waals surface area contributed by atoms with E-state index in [1.807, 2.05) is 0 Å². The molecule has 27 heavy (non-hydrogen) atoms. The third-order valence-corrected chi connectivity index (χ3v) is 6.60. The van der Waals surface area contributed by atoms with Gasteiger partial charge < -0.3 is 5.32 Å². The van der Waals surface area contributed by atoms with Crippen molar-refractivity contribution in [2.75, 3.05) is 25.9 Å². The van der Waals surface area contributed by atoms with Gasteiger partial charge in [-0.2, -0.15) is 0 Å². The minimum Gasteiger partial charge on any atom is -0.352 e. The topological polar surface area (TPSA) is 32.3 Å². The number of nitrogens with zero attached hydrogens (tertiary/aromatic N) is 1. The molecule has 1 amide bonds. The van der Waals surface area contributed by atoms with Crippen LogP contribution in [-0.2, 0) is 6.54 Å². The molecule has 2 aromatic carbocycles. The Morgan fingerprint density at radius 1 is 1.15 bits per heavy atom. The van der Waals surface area contributed by atoms with E-state index in [0.717, 1.165) is 32.5 Å². The molecule has 6 heteroatoms. The first-order valence-corrected chi connectivity index (χ1v) is 11.1. The van der Waals surface area contributed by atoms with Crippen LogP contribution in [0.2, 0.25) is 10.0 Å². The normalized spacial score (nSPS) is 15.7.